The first-order chi connectivity index (χ1) is 8.88. The lowest BCUT2D eigenvalue weighted by Gasteiger charge is -2.27. The number of aromatic hydroxyl groups is 1. The maximum absolute atomic E-state index is 12.7. The van der Waals surface area contributed by atoms with E-state index in [0.29, 0.717) is 0 Å². The predicted octanol–water partition coefficient (Wildman–Crippen LogP) is 2.47. The smallest absolute Gasteiger partial charge is 0.416 e. The Labute approximate surface area is 114 Å². The molecule has 1 fully saturated rings. The molecule has 0 radical (unpaired) electrons. The van der Waals surface area contributed by atoms with Gasteiger partial charge < -0.3 is 10.4 Å². The zero-order valence-electron chi connectivity index (χ0n) is 10.1. The average molecular weight is 295 g/mol. The van der Waals surface area contributed by atoms with Crippen LogP contribution in [0.1, 0.15) is 11.1 Å². The van der Waals surface area contributed by atoms with Crippen LogP contribution < -0.4 is 5.32 Å². The van der Waals surface area contributed by atoms with Gasteiger partial charge in [0.05, 0.1) is 10.6 Å². The highest BCUT2D eigenvalue weighted by atomic mass is 35.5. The van der Waals surface area contributed by atoms with Crippen LogP contribution >= 0.6 is 11.6 Å². The largest absolute Gasteiger partial charge is 0.506 e. The van der Waals surface area contributed by atoms with Crippen LogP contribution in [0.3, 0.4) is 0 Å². The Morgan fingerprint density at radius 3 is 2.47 bits per heavy atom. The quantitative estimate of drug-likeness (QED) is 0.879. The van der Waals surface area contributed by atoms with Crippen LogP contribution in [0.15, 0.2) is 12.1 Å². The molecule has 0 spiro atoms. The van der Waals surface area contributed by atoms with Crippen LogP contribution in [-0.4, -0.2) is 36.2 Å². The van der Waals surface area contributed by atoms with Gasteiger partial charge in [0.1, 0.15) is 5.75 Å². The lowest BCUT2D eigenvalue weighted by Crippen LogP contribution is -2.42. The van der Waals surface area contributed by atoms with Crippen molar-refractivity contribution in [2.75, 3.05) is 26.2 Å². The average Bonchev–Trinajstić information content (AvgIpc) is 2.34. The first kappa shape index (κ1) is 14.4. The molecule has 0 aliphatic carbocycles. The van der Waals surface area contributed by atoms with E-state index in [0.717, 1.165) is 38.3 Å². The molecule has 2 rings (SSSR count). The van der Waals surface area contributed by atoms with Crippen molar-refractivity contribution >= 4 is 11.6 Å². The Bertz CT molecular complexity index is 459. The van der Waals surface area contributed by atoms with Crippen LogP contribution in [0.25, 0.3) is 0 Å². The van der Waals surface area contributed by atoms with Crippen molar-refractivity contribution in [3.63, 3.8) is 0 Å². The number of halogens is 4. The third-order valence-corrected chi connectivity index (χ3v) is 3.36. The highest BCUT2D eigenvalue weighted by Crippen LogP contribution is 2.37. The molecule has 1 aromatic carbocycles. The molecule has 3 nitrogen and oxygen atoms in total. The molecule has 7 heteroatoms. The van der Waals surface area contributed by atoms with E-state index in [2.05, 4.69) is 5.32 Å². The minimum absolute atomic E-state index is 0.210. The van der Waals surface area contributed by atoms with Gasteiger partial charge in [-0.25, -0.2) is 0 Å². The third-order valence-electron chi connectivity index (χ3n) is 3.07. The number of piperazine rings is 1. The van der Waals surface area contributed by atoms with E-state index in [1.165, 1.54) is 0 Å². The summed E-state index contributed by atoms with van der Waals surface area (Å²) < 4.78 is 38.1. The van der Waals surface area contributed by atoms with Crippen LogP contribution in [0, 0.1) is 0 Å². The number of phenolic OH excluding ortho intramolecular Hbond substituents is 1. The molecule has 0 atom stereocenters. The summed E-state index contributed by atoms with van der Waals surface area (Å²) >= 11 is 5.66. The summed E-state index contributed by atoms with van der Waals surface area (Å²) in [6.07, 6.45) is -4.46. The molecule has 1 saturated heterocycles. The normalized spacial score (nSPS) is 17.7. The number of nitrogens with zero attached hydrogens (tertiary/aromatic N) is 1. The van der Waals surface area contributed by atoms with Crippen molar-refractivity contribution in [2.24, 2.45) is 0 Å². The molecule has 0 saturated carbocycles. The van der Waals surface area contributed by atoms with Gasteiger partial charge in [0.2, 0.25) is 0 Å². The topological polar surface area (TPSA) is 35.5 Å². The van der Waals surface area contributed by atoms with Crippen molar-refractivity contribution < 1.29 is 18.3 Å². The molecule has 0 aromatic heterocycles. The Kier molecular flexibility index (Phi) is 4.23. The van der Waals surface area contributed by atoms with E-state index >= 15 is 0 Å². The highest BCUT2D eigenvalue weighted by molar-refractivity contribution is 6.32. The molecular formula is C12H14ClF3N2O. The minimum atomic E-state index is -4.46. The van der Waals surface area contributed by atoms with Crippen molar-refractivity contribution in [1.29, 1.82) is 0 Å². The second-order valence-electron chi connectivity index (χ2n) is 4.49. The highest BCUT2D eigenvalue weighted by Gasteiger charge is 2.32. The maximum atomic E-state index is 12.7. The van der Waals surface area contributed by atoms with E-state index in [-0.39, 0.29) is 22.9 Å². The van der Waals surface area contributed by atoms with Crippen molar-refractivity contribution in [3.05, 3.63) is 28.3 Å². The van der Waals surface area contributed by atoms with Crippen LogP contribution in [0.4, 0.5) is 13.2 Å². The second-order valence-corrected chi connectivity index (χ2v) is 4.90. The standard InChI is InChI=1S/C12H14ClF3N2O/c13-10-6-9(12(14,15)16)5-8(11(10)19)7-18-3-1-17-2-4-18/h5-6,17,19H,1-4,7H2. The van der Waals surface area contributed by atoms with Crippen LogP contribution in [0.5, 0.6) is 5.75 Å². The monoisotopic (exact) mass is 294 g/mol. The molecule has 1 aliphatic heterocycles. The fourth-order valence-electron chi connectivity index (χ4n) is 2.05. The van der Waals surface area contributed by atoms with E-state index < -0.39 is 11.7 Å². The number of hydrogen-bond donors (Lipinski definition) is 2. The summed E-state index contributed by atoms with van der Waals surface area (Å²) in [5.74, 6) is -0.270. The SMILES string of the molecule is Oc1c(Cl)cc(C(F)(F)F)cc1CN1CCNCC1. The molecule has 0 amide bonds. The maximum Gasteiger partial charge on any atom is 0.416 e. The first-order valence-corrected chi connectivity index (χ1v) is 6.27. The van der Waals surface area contributed by atoms with Gasteiger partial charge in [-0.3, -0.25) is 4.90 Å². The molecule has 106 valence electrons. The lowest BCUT2D eigenvalue weighted by molar-refractivity contribution is -0.137. The predicted molar refractivity (Wildman–Crippen MR) is 66.3 cm³/mol. The van der Waals surface area contributed by atoms with Crippen molar-refractivity contribution in [3.8, 4) is 5.75 Å². The first-order valence-electron chi connectivity index (χ1n) is 5.89. The molecule has 0 bridgehead atoms. The summed E-state index contributed by atoms with van der Waals surface area (Å²) in [6, 6.07) is 1.71. The number of phenols is 1. The van der Waals surface area contributed by atoms with Crippen LogP contribution in [0.2, 0.25) is 5.02 Å². The van der Waals surface area contributed by atoms with Gasteiger partial charge in [-0.15, -0.1) is 0 Å². The Morgan fingerprint density at radius 2 is 1.89 bits per heavy atom. The fraction of sp³-hybridized carbons (Fsp3) is 0.500. The van der Waals surface area contributed by atoms with Crippen molar-refractivity contribution in [2.45, 2.75) is 12.7 Å². The van der Waals surface area contributed by atoms with Gasteiger partial charge in [-0.1, -0.05) is 11.6 Å². The number of benzene rings is 1. The molecule has 19 heavy (non-hydrogen) atoms. The van der Waals surface area contributed by atoms with Crippen LogP contribution in [-0.2, 0) is 12.7 Å². The Hall–Kier alpha value is -0.980. The van der Waals surface area contributed by atoms with Gasteiger partial charge in [0, 0.05) is 38.3 Å². The molecule has 1 aliphatic rings. The Morgan fingerprint density at radius 1 is 1.26 bits per heavy atom. The molecule has 0 unspecified atom stereocenters. The zero-order chi connectivity index (χ0) is 14.0. The van der Waals surface area contributed by atoms with E-state index in [1.54, 1.807) is 0 Å². The molecule has 1 aromatic rings. The Balaban J connectivity index is 2.25. The van der Waals surface area contributed by atoms with Gasteiger partial charge >= 0.3 is 6.18 Å². The van der Waals surface area contributed by atoms with Gasteiger partial charge in [0.15, 0.2) is 0 Å². The summed E-state index contributed by atoms with van der Waals surface area (Å²) in [5.41, 5.74) is -0.623. The van der Waals surface area contributed by atoms with Gasteiger partial charge in [-0.05, 0) is 12.1 Å². The number of nitrogens with one attached hydrogen (secondary N) is 1. The lowest BCUT2D eigenvalue weighted by atomic mass is 10.1. The number of hydrogen-bond acceptors (Lipinski definition) is 3. The van der Waals surface area contributed by atoms with E-state index in [1.807, 2.05) is 4.90 Å². The van der Waals surface area contributed by atoms with Crippen molar-refractivity contribution in [1.82, 2.24) is 10.2 Å². The minimum Gasteiger partial charge on any atom is -0.506 e. The zero-order valence-corrected chi connectivity index (χ0v) is 10.9. The van der Waals surface area contributed by atoms with E-state index in [9.17, 15) is 18.3 Å². The number of rotatable bonds is 2. The summed E-state index contributed by atoms with van der Waals surface area (Å²) in [5, 5.41) is 12.7. The number of alkyl halides is 3. The molecular weight excluding hydrogens is 281 g/mol. The fourth-order valence-corrected chi connectivity index (χ4v) is 2.29. The second kappa shape index (κ2) is 5.56. The van der Waals surface area contributed by atoms with Gasteiger partial charge in [-0.2, -0.15) is 13.2 Å². The van der Waals surface area contributed by atoms with Gasteiger partial charge in [0.25, 0.3) is 0 Å². The molecule has 1 heterocycles. The summed E-state index contributed by atoms with van der Waals surface area (Å²) in [6.45, 7) is 3.29. The molecule has 2 N–H and O–H groups in total. The van der Waals surface area contributed by atoms with E-state index in [4.69, 9.17) is 11.6 Å². The summed E-state index contributed by atoms with van der Waals surface area (Å²) in [4.78, 5) is 1.97. The third kappa shape index (κ3) is 3.52. The summed E-state index contributed by atoms with van der Waals surface area (Å²) in [7, 11) is 0.